The molecule has 0 heterocycles. The molecule has 0 aromatic heterocycles. The maximum atomic E-state index is 12.4. The molecule has 0 aromatic rings. The molecule has 0 aromatic carbocycles. The number of hydrogen-bond donors (Lipinski definition) is 3. The van der Waals surface area contributed by atoms with Crippen LogP contribution in [0.1, 0.15) is 40.5 Å². The highest BCUT2D eigenvalue weighted by Gasteiger charge is 2.33. The van der Waals surface area contributed by atoms with Gasteiger partial charge in [-0.05, 0) is 54.6 Å². The van der Waals surface area contributed by atoms with Gasteiger partial charge in [0.15, 0.2) is 11.6 Å². The van der Waals surface area contributed by atoms with Gasteiger partial charge in [-0.1, -0.05) is 0 Å². The first-order valence-corrected chi connectivity index (χ1v) is 10.9. The summed E-state index contributed by atoms with van der Waals surface area (Å²) in [7, 11) is 0.117. The van der Waals surface area contributed by atoms with Gasteiger partial charge in [0.1, 0.15) is 5.60 Å². The maximum Gasteiger partial charge on any atom is 0.261 e. The molecule has 1 aliphatic rings. The van der Waals surface area contributed by atoms with Gasteiger partial charge in [-0.3, -0.25) is 18.9 Å². The summed E-state index contributed by atoms with van der Waals surface area (Å²) in [4.78, 5) is 38.5. The van der Waals surface area contributed by atoms with Gasteiger partial charge in [-0.2, -0.15) is 8.42 Å². The number of carbonyl (C=O) groups excluding carboxylic acids is 3. The van der Waals surface area contributed by atoms with Crippen LogP contribution in [0.4, 0.5) is 0 Å². The molecule has 166 valence electrons. The van der Waals surface area contributed by atoms with Crippen molar-refractivity contribution >= 4 is 27.6 Å². The van der Waals surface area contributed by atoms with Crippen LogP contribution < -0.4 is 5.32 Å². The van der Waals surface area contributed by atoms with Crippen molar-refractivity contribution < 1.29 is 32.5 Å². The number of aliphatic hydroxyl groups is 1. The van der Waals surface area contributed by atoms with Crippen LogP contribution >= 0.6 is 0 Å². The number of allylic oxidation sites excluding steroid dienone is 4. The van der Waals surface area contributed by atoms with Crippen LogP contribution in [-0.2, 0) is 24.5 Å². The predicted molar refractivity (Wildman–Crippen MR) is 110 cm³/mol. The highest BCUT2D eigenvalue weighted by atomic mass is 32.2. The van der Waals surface area contributed by atoms with Crippen molar-refractivity contribution in [3.05, 3.63) is 22.3 Å². The number of carbonyl (C=O) groups is 3. The minimum atomic E-state index is -3.67. The Hall–Kier alpha value is -1.88. The third-order valence-electron chi connectivity index (χ3n) is 4.51. The molecule has 0 bridgehead atoms. The van der Waals surface area contributed by atoms with E-state index in [9.17, 15) is 27.9 Å². The van der Waals surface area contributed by atoms with Gasteiger partial charge < -0.3 is 15.3 Å². The van der Waals surface area contributed by atoms with Gasteiger partial charge in [-0.15, -0.1) is 0 Å². The van der Waals surface area contributed by atoms with Crippen molar-refractivity contribution in [2.24, 2.45) is 0 Å². The Labute approximate surface area is 172 Å². The molecule has 1 atom stereocenters. The van der Waals surface area contributed by atoms with E-state index in [1.165, 1.54) is 6.92 Å². The SMILES string of the molecule is CC1=C(C)C(=O)C(CCC(C)(O)C(=O)NCCN(C)C)=C(C)C1=O.CS(=O)(=O)O. The lowest BCUT2D eigenvalue weighted by Gasteiger charge is -2.25. The summed E-state index contributed by atoms with van der Waals surface area (Å²) in [6.07, 6.45) is 0.987. The van der Waals surface area contributed by atoms with Crippen LogP contribution in [0.15, 0.2) is 22.3 Å². The molecule has 0 saturated carbocycles. The average molecular weight is 433 g/mol. The van der Waals surface area contributed by atoms with Gasteiger partial charge in [0, 0.05) is 35.4 Å². The summed E-state index contributed by atoms with van der Waals surface area (Å²) in [6.45, 7) is 7.43. The Bertz CT molecular complexity index is 813. The lowest BCUT2D eigenvalue weighted by atomic mass is 9.82. The van der Waals surface area contributed by atoms with Gasteiger partial charge in [0.25, 0.3) is 16.0 Å². The van der Waals surface area contributed by atoms with Crippen molar-refractivity contribution in [3.63, 3.8) is 0 Å². The second kappa shape index (κ2) is 10.8. The molecule has 1 amide bonds. The van der Waals surface area contributed by atoms with E-state index in [0.717, 1.165) is 0 Å². The van der Waals surface area contributed by atoms with Crippen molar-refractivity contribution in [2.75, 3.05) is 33.4 Å². The standard InChI is InChI=1S/C18H28N2O4.CH4O3S/c1-11-12(2)16(22)14(13(3)15(11)21)7-8-18(4,24)17(23)19-9-10-20(5)6;1-5(2,3)4/h24H,7-10H2,1-6H3,(H,19,23);1H3,(H,2,3,4). The van der Waals surface area contributed by atoms with E-state index in [2.05, 4.69) is 5.32 Å². The summed E-state index contributed by atoms with van der Waals surface area (Å²) in [5.74, 6) is -0.786. The second-order valence-electron chi connectivity index (χ2n) is 7.58. The predicted octanol–water partition coefficient (Wildman–Crippen LogP) is 0.504. The Morgan fingerprint density at radius 2 is 1.52 bits per heavy atom. The topological polar surface area (TPSA) is 141 Å². The van der Waals surface area contributed by atoms with Crippen molar-refractivity contribution in [2.45, 2.75) is 46.1 Å². The van der Waals surface area contributed by atoms with E-state index in [1.54, 1.807) is 20.8 Å². The van der Waals surface area contributed by atoms with Gasteiger partial charge in [-0.25, -0.2) is 0 Å². The number of hydrogen-bond acceptors (Lipinski definition) is 7. The Kier molecular flexibility index (Phi) is 10.1. The molecule has 10 heteroatoms. The van der Waals surface area contributed by atoms with Crippen molar-refractivity contribution in [1.82, 2.24) is 10.2 Å². The molecule has 0 aliphatic heterocycles. The van der Waals surface area contributed by atoms with E-state index in [-0.39, 0.29) is 24.4 Å². The summed E-state index contributed by atoms with van der Waals surface area (Å²) in [5.41, 5.74) is 0.119. The summed E-state index contributed by atoms with van der Waals surface area (Å²) >= 11 is 0. The third kappa shape index (κ3) is 9.44. The fourth-order valence-corrected chi connectivity index (χ4v) is 2.52. The summed E-state index contributed by atoms with van der Waals surface area (Å²) in [5, 5.41) is 13.1. The number of nitrogens with one attached hydrogen (secondary N) is 1. The largest absolute Gasteiger partial charge is 0.380 e. The average Bonchev–Trinajstić information content (AvgIpc) is 2.56. The number of Topliss-reactive ketones (excluding diaryl/α,β-unsaturated/α-hetero) is 2. The lowest BCUT2D eigenvalue weighted by Crippen LogP contribution is -2.46. The fourth-order valence-electron chi connectivity index (χ4n) is 2.52. The Morgan fingerprint density at radius 3 is 1.97 bits per heavy atom. The molecule has 1 unspecified atom stereocenters. The Morgan fingerprint density at radius 1 is 1.07 bits per heavy atom. The molecule has 3 N–H and O–H groups in total. The molecular weight excluding hydrogens is 400 g/mol. The van der Waals surface area contributed by atoms with E-state index < -0.39 is 21.6 Å². The molecule has 1 aliphatic carbocycles. The normalized spacial score (nSPS) is 17.2. The zero-order valence-electron chi connectivity index (χ0n) is 18.1. The van der Waals surface area contributed by atoms with Crippen LogP contribution in [0.25, 0.3) is 0 Å². The molecule has 0 saturated heterocycles. The zero-order chi connectivity index (χ0) is 23.2. The number of amides is 1. The molecule has 0 radical (unpaired) electrons. The minimum Gasteiger partial charge on any atom is -0.380 e. The van der Waals surface area contributed by atoms with Crippen molar-refractivity contribution in [3.8, 4) is 0 Å². The fraction of sp³-hybridized carbons (Fsp3) is 0.632. The van der Waals surface area contributed by atoms with Crippen LogP contribution in [0.3, 0.4) is 0 Å². The van der Waals surface area contributed by atoms with Crippen LogP contribution in [0.2, 0.25) is 0 Å². The number of ketones is 2. The molecular formula is C19H32N2O7S. The molecule has 1 rings (SSSR count). The molecule has 29 heavy (non-hydrogen) atoms. The third-order valence-corrected chi connectivity index (χ3v) is 4.51. The first-order valence-electron chi connectivity index (χ1n) is 9.03. The molecule has 0 spiro atoms. The summed E-state index contributed by atoms with van der Waals surface area (Å²) < 4.78 is 25.9. The van der Waals surface area contributed by atoms with Crippen LogP contribution in [0, 0.1) is 0 Å². The quantitative estimate of drug-likeness (QED) is 0.390. The number of nitrogens with zero attached hydrogens (tertiary/aromatic N) is 1. The van der Waals surface area contributed by atoms with Gasteiger partial charge in [0.05, 0.1) is 6.26 Å². The highest BCUT2D eigenvalue weighted by molar-refractivity contribution is 7.85. The van der Waals surface area contributed by atoms with Crippen molar-refractivity contribution in [1.29, 1.82) is 0 Å². The second-order valence-corrected chi connectivity index (χ2v) is 9.04. The minimum absolute atomic E-state index is 0.0822. The smallest absolute Gasteiger partial charge is 0.261 e. The number of rotatable bonds is 7. The van der Waals surface area contributed by atoms with E-state index in [1.807, 2.05) is 19.0 Å². The first kappa shape index (κ1) is 27.1. The van der Waals surface area contributed by atoms with Crippen LogP contribution in [0.5, 0.6) is 0 Å². The summed E-state index contributed by atoms with van der Waals surface area (Å²) in [6, 6.07) is 0. The monoisotopic (exact) mass is 432 g/mol. The lowest BCUT2D eigenvalue weighted by molar-refractivity contribution is -0.138. The molecule has 0 fully saturated rings. The first-order chi connectivity index (χ1) is 13.0. The highest BCUT2D eigenvalue weighted by Crippen LogP contribution is 2.28. The zero-order valence-corrected chi connectivity index (χ0v) is 18.9. The van der Waals surface area contributed by atoms with E-state index in [4.69, 9.17) is 4.55 Å². The Balaban J connectivity index is 0.00000139. The van der Waals surface area contributed by atoms with E-state index in [0.29, 0.717) is 41.6 Å². The van der Waals surface area contributed by atoms with Crippen LogP contribution in [-0.4, -0.2) is 79.5 Å². The van der Waals surface area contributed by atoms with E-state index >= 15 is 0 Å². The number of likely N-dealkylation sites (N-methyl/N-ethyl adjacent to an activating group) is 1. The van der Waals surface area contributed by atoms with Gasteiger partial charge in [0.2, 0.25) is 0 Å². The molecule has 9 nitrogen and oxygen atoms in total. The van der Waals surface area contributed by atoms with Gasteiger partial charge >= 0.3 is 0 Å². The maximum absolute atomic E-state index is 12.4.